The zero-order chi connectivity index (χ0) is 13.2. The third-order valence-corrected chi connectivity index (χ3v) is 3.71. The Morgan fingerprint density at radius 1 is 1.24 bits per heavy atom. The molecule has 4 nitrogen and oxygen atoms in total. The van der Waals surface area contributed by atoms with Gasteiger partial charge in [-0.05, 0) is 34.6 Å². The van der Waals surface area contributed by atoms with Gasteiger partial charge in [0.15, 0.2) is 0 Å². The van der Waals surface area contributed by atoms with Gasteiger partial charge in [-0.1, -0.05) is 0 Å². The molecular formula is C13H27N3O. The fourth-order valence-electron chi connectivity index (χ4n) is 2.16. The van der Waals surface area contributed by atoms with Gasteiger partial charge in [-0.15, -0.1) is 0 Å². The Morgan fingerprint density at radius 3 is 2.24 bits per heavy atom. The molecule has 0 aromatic rings. The molecule has 1 atom stereocenters. The van der Waals surface area contributed by atoms with E-state index in [1.54, 1.807) is 0 Å². The number of carbonyl (C=O) groups is 1. The van der Waals surface area contributed by atoms with Crippen molar-refractivity contribution in [3.05, 3.63) is 0 Å². The lowest BCUT2D eigenvalue weighted by Gasteiger charge is -2.43. The molecule has 0 spiro atoms. The van der Waals surface area contributed by atoms with Crippen LogP contribution in [0.1, 0.15) is 34.6 Å². The minimum Gasteiger partial charge on any atom is -0.325 e. The van der Waals surface area contributed by atoms with Crippen molar-refractivity contribution in [1.29, 1.82) is 0 Å². The van der Waals surface area contributed by atoms with E-state index in [1.165, 1.54) is 0 Å². The summed E-state index contributed by atoms with van der Waals surface area (Å²) in [5.74, 6) is 0. The summed E-state index contributed by atoms with van der Waals surface area (Å²) in [5, 5.41) is 0. The van der Waals surface area contributed by atoms with E-state index in [1.807, 2.05) is 30.7 Å². The predicted molar refractivity (Wildman–Crippen MR) is 71.2 cm³/mol. The zero-order valence-corrected chi connectivity index (χ0v) is 12.1. The molecule has 1 rings (SSSR count). The molecule has 1 unspecified atom stereocenters. The van der Waals surface area contributed by atoms with Crippen molar-refractivity contribution in [2.45, 2.75) is 52.7 Å². The number of piperazine rings is 1. The van der Waals surface area contributed by atoms with E-state index < -0.39 is 0 Å². The topological polar surface area (TPSA) is 26.8 Å². The molecule has 1 aliphatic rings. The molecule has 0 saturated carbocycles. The van der Waals surface area contributed by atoms with Gasteiger partial charge in [-0.2, -0.15) is 0 Å². The van der Waals surface area contributed by atoms with E-state index in [2.05, 4.69) is 25.7 Å². The summed E-state index contributed by atoms with van der Waals surface area (Å²) in [6.07, 6.45) is 0. The lowest BCUT2D eigenvalue weighted by atomic mass is 10.1. The third-order valence-electron chi connectivity index (χ3n) is 3.71. The first kappa shape index (κ1) is 14.3. The monoisotopic (exact) mass is 241 g/mol. The molecular weight excluding hydrogens is 214 g/mol. The molecule has 0 bridgehead atoms. The highest BCUT2D eigenvalue weighted by atomic mass is 16.2. The van der Waals surface area contributed by atoms with Gasteiger partial charge in [0.2, 0.25) is 0 Å². The number of hydrogen-bond donors (Lipinski definition) is 0. The van der Waals surface area contributed by atoms with Crippen LogP contribution < -0.4 is 0 Å². The van der Waals surface area contributed by atoms with Crippen molar-refractivity contribution in [3.8, 4) is 0 Å². The Morgan fingerprint density at radius 2 is 1.82 bits per heavy atom. The second kappa shape index (κ2) is 5.71. The molecule has 0 N–H and O–H groups in total. The van der Waals surface area contributed by atoms with Crippen LogP contribution in [0.5, 0.6) is 0 Å². The van der Waals surface area contributed by atoms with Crippen LogP contribution in [0.25, 0.3) is 0 Å². The Kier molecular flexibility index (Phi) is 4.80. The molecule has 2 amide bonds. The van der Waals surface area contributed by atoms with Gasteiger partial charge in [-0.3, -0.25) is 4.90 Å². The summed E-state index contributed by atoms with van der Waals surface area (Å²) in [7, 11) is 1.88. The Hall–Kier alpha value is -0.770. The summed E-state index contributed by atoms with van der Waals surface area (Å²) in [6.45, 7) is 13.5. The normalized spacial score (nSPS) is 22.4. The van der Waals surface area contributed by atoms with Gasteiger partial charge in [0.05, 0.1) is 0 Å². The maximum Gasteiger partial charge on any atom is 0.320 e. The van der Waals surface area contributed by atoms with Gasteiger partial charge >= 0.3 is 6.03 Å². The van der Waals surface area contributed by atoms with Crippen molar-refractivity contribution in [2.75, 3.05) is 26.7 Å². The van der Waals surface area contributed by atoms with Crippen LogP contribution >= 0.6 is 0 Å². The fraction of sp³-hybridized carbons (Fsp3) is 0.923. The molecule has 0 aliphatic carbocycles. The average Bonchev–Trinajstić information content (AvgIpc) is 2.26. The van der Waals surface area contributed by atoms with Crippen LogP contribution in [0.2, 0.25) is 0 Å². The molecule has 17 heavy (non-hydrogen) atoms. The zero-order valence-electron chi connectivity index (χ0n) is 12.1. The number of urea groups is 1. The molecule has 1 heterocycles. The average molecular weight is 241 g/mol. The maximum absolute atomic E-state index is 12.3. The van der Waals surface area contributed by atoms with Crippen molar-refractivity contribution in [2.24, 2.45) is 0 Å². The second-order valence-corrected chi connectivity index (χ2v) is 5.62. The largest absolute Gasteiger partial charge is 0.325 e. The number of hydrogen-bond acceptors (Lipinski definition) is 2. The Labute approximate surface area is 106 Å². The van der Waals surface area contributed by atoms with Crippen LogP contribution in [0.15, 0.2) is 0 Å². The van der Waals surface area contributed by atoms with Crippen LogP contribution in [0, 0.1) is 0 Å². The van der Waals surface area contributed by atoms with Crippen LogP contribution in [-0.4, -0.2) is 65.5 Å². The van der Waals surface area contributed by atoms with E-state index in [9.17, 15) is 4.79 Å². The highest BCUT2D eigenvalue weighted by Crippen LogP contribution is 2.14. The number of amides is 2. The molecule has 0 aromatic carbocycles. The third kappa shape index (κ3) is 3.35. The first-order chi connectivity index (χ1) is 7.84. The van der Waals surface area contributed by atoms with Crippen LogP contribution in [0.3, 0.4) is 0 Å². The fourth-order valence-corrected chi connectivity index (χ4v) is 2.16. The first-order valence-corrected chi connectivity index (χ1v) is 6.62. The Bertz CT molecular complexity index is 265. The van der Waals surface area contributed by atoms with Crippen LogP contribution in [-0.2, 0) is 0 Å². The summed E-state index contributed by atoms with van der Waals surface area (Å²) in [5.41, 5.74) is 0. The summed E-state index contributed by atoms with van der Waals surface area (Å²) in [6, 6.07) is 1.30. The lowest BCUT2D eigenvalue weighted by molar-refractivity contribution is 0.0667. The van der Waals surface area contributed by atoms with Crippen molar-refractivity contribution in [3.63, 3.8) is 0 Å². The first-order valence-electron chi connectivity index (χ1n) is 6.62. The number of rotatable bonds is 2. The Balaban J connectivity index is 2.60. The van der Waals surface area contributed by atoms with E-state index in [0.29, 0.717) is 12.1 Å². The number of nitrogens with zero attached hydrogens (tertiary/aromatic N) is 3. The SMILES string of the molecule is CC(C)N1CCN(C(=O)N(C)C(C)C)C(C)C1. The van der Waals surface area contributed by atoms with E-state index in [4.69, 9.17) is 0 Å². The maximum atomic E-state index is 12.3. The van der Waals surface area contributed by atoms with Crippen molar-refractivity contribution >= 4 is 6.03 Å². The van der Waals surface area contributed by atoms with E-state index >= 15 is 0 Å². The minimum atomic E-state index is 0.163. The van der Waals surface area contributed by atoms with Gasteiger partial charge in [-0.25, -0.2) is 4.79 Å². The predicted octanol–water partition coefficient (Wildman–Crippen LogP) is 1.86. The molecule has 1 fully saturated rings. The molecule has 0 aromatic heterocycles. The van der Waals surface area contributed by atoms with Gasteiger partial charge in [0.25, 0.3) is 0 Å². The molecule has 100 valence electrons. The van der Waals surface area contributed by atoms with Crippen molar-refractivity contribution in [1.82, 2.24) is 14.7 Å². The minimum absolute atomic E-state index is 0.163. The lowest BCUT2D eigenvalue weighted by Crippen LogP contribution is -2.58. The second-order valence-electron chi connectivity index (χ2n) is 5.62. The quantitative estimate of drug-likeness (QED) is 0.738. The van der Waals surface area contributed by atoms with Crippen LogP contribution in [0.4, 0.5) is 4.79 Å². The summed E-state index contributed by atoms with van der Waals surface area (Å²) in [4.78, 5) is 18.5. The van der Waals surface area contributed by atoms with E-state index in [-0.39, 0.29) is 12.1 Å². The molecule has 1 aliphatic heterocycles. The smallest absolute Gasteiger partial charge is 0.320 e. The highest BCUT2D eigenvalue weighted by molar-refractivity contribution is 5.75. The molecule has 1 saturated heterocycles. The summed E-state index contributed by atoms with van der Waals surface area (Å²) < 4.78 is 0. The van der Waals surface area contributed by atoms with Gasteiger partial charge in [0.1, 0.15) is 0 Å². The number of carbonyl (C=O) groups excluding carboxylic acids is 1. The molecule has 0 radical (unpaired) electrons. The highest BCUT2D eigenvalue weighted by Gasteiger charge is 2.30. The standard InChI is InChI=1S/C13H27N3O/c1-10(2)14(6)13(17)16-8-7-15(11(3)4)9-12(16)5/h10-12H,7-9H2,1-6H3. The van der Waals surface area contributed by atoms with Gasteiger partial charge < -0.3 is 9.80 Å². The summed E-state index contributed by atoms with van der Waals surface area (Å²) >= 11 is 0. The molecule has 4 heteroatoms. The van der Waals surface area contributed by atoms with E-state index in [0.717, 1.165) is 19.6 Å². The van der Waals surface area contributed by atoms with Gasteiger partial charge in [0, 0.05) is 44.8 Å². The van der Waals surface area contributed by atoms with Crippen molar-refractivity contribution < 1.29 is 4.79 Å².